The highest BCUT2D eigenvalue weighted by Crippen LogP contribution is 2.27. The Balaban J connectivity index is 2.03. The normalized spacial score (nSPS) is 18.8. The number of nitrogens with one attached hydrogen (secondary N) is 1. The van der Waals surface area contributed by atoms with Gasteiger partial charge in [0.25, 0.3) is 0 Å². The number of nitrogens with zero attached hydrogens (tertiary/aromatic N) is 1. The van der Waals surface area contributed by atoms with Crippen molar-refractivity contribution >= 4 is 23.2 Å². The van der Waals surface area contributed by atoms with Crippen LogP contribution in [0.2, 0.25) is 5.02 Å². The van der Waals surface area contributed by atoms with E-state index in [1.165, 1.54) is 0 Å². The van der Waals surface area contributed by atoms with E-state index in [1.54, 1.807) is 0 Å². The van der Waals surface area contributed by atoms with Gasteiger partial charge < -0.3 is 16.0 Å². The number of amides is 1. The Morgan fingerprint density at radius 3 is 3.00 bits per heavy atom. The van der Waals surface area contributed by atoms with Gasteiger partial charge in [-0.15, -0.1) is 0 Å². The molecular formula is C16H24ClN3O. The second kappa shape index (κ2) is 7.66. The molecule has 4 nitrogen and oxygen atoms in total. The van der Waals surface area contributed by atoms with Crippen LogP contribution in [0.5, 0.6) is 0 Å². The van der Waals surface area contributed by atoms with E-state index in [4.69, 9.17) is 17.3 Å². The van der Waals surface area contributed by atoms with Crippen LogP contribution in [0, 0.1) is 5.92 Å². The first-order valence-electron chi connectivity index (χ1n) is 7.65. The molecule has 0 radical (unpaired) electrons. The summed E-state index contributed by atoms with van der Waals surface area (Å²) in [5.74, 6) is -0.255. The minimum absolute atomic E-state index is 0.0524. The summed E-state index contributed by atoms with van der Waals surface area (Å²) < 4.78 is 0. The number of carbonyl (C=O) groups excluding carboxylic acids is 1. The number of hydrogen-bond donors (Lipinski definition) is 2. The molecule has 1 atom stereocenters. The zero-order valence-corrected chi connectivity index (χ0v) is 13.3. The molecule has 1 aromatic rings. The predicted octanol–water partition coefficient (Wildman–Crippen LogP) is 2.54. The SMILES string of the molecule is CCCNCc1ccc(N2CCCC(C(N)=O)C2)cc1Cl. The maximum atomic E-state index is 11.4. The highest BCUT2D eigenvalue weighted by molar-refractivity contribution is 6.31. The molecule has 2 rings (SSSR count). The van der Waals surface area contributed by atoms with E-state index in [2.05, 4.69) is 29.3 Å². The number of primary amides is 1. The van der Waals surface area contributed by atoms with Crippen LogP contribution in [-0.2, 0) is 11.3 Å². The van der Waals surface area contributed by atoms with Crippen LogP contribution in [0.4, 0.5) is 5.69 Å². The van der Waals surface area contributed by atoms with E-state index in [9.17, 15) is 4.79 Å². The van der Waals surface area contributed by atoms with Crippen LogP contribution in [0.15, 0.2) is 18.2 Å². The van der Waals surface area contributed by atoms with Gasteiger partial charge >= 0.3 is 0 Å². The topological polar surface area (TPSA) is 58.4 Å². The van der Waals surface area contributed by atoms with Crippen LogP contribution in [0.3, 0.4) is 0 Å². The molecule has 3 N–H and O–H groups in total. The zero-order chi connectivity index (χ0) is 15.2. The number of hydrogen-bond acceptors (Lipinski definition) is 3. The summed E-state index contributed by atoms with van der Waals surface area (Å²) in [6.45, 7) is 5.57. The van der Waals surface area contributed by atoms with Crippen molar-refractivity contribution in [2.24, 2.45) is 11.7 Å². The predicted molar refractivity (Wildman–Crippen MR) is 87.6 cm³/mol. The third kappa shape index (κ3) is 4.35. The average Bonchev–Trinajstić information content (AvgIpc) is 2.49. The molecule has 0 spiro atoms. The Hall–Kier alpha value is -1.26. The number of benzene rings is 1. The smallest absolute Gasteiger partial charge is 0.222 e. The second-order valence-electron chi connectivity index (χ2n) is 5.64. The summed E-state index contributed by atoms with van der Waals surface area (Å²) in [4.78, 5) is 13.6. The molecule has 0 aromatic heterocycles. The third-order valence-corrected chi connectivity index (χ3v) is 4.32. The van der Waals surface area contributed by atoms with Crippen molar-refractivity contribution in [2.45, 2.75) is 32.7 Å². The molecule has 5 heteroatoms. The van der Waals surface area contributed by atoms with Gasteiger partial charge in [0.15, 0.2) is 0 Å². The van der Waals surface area contributed by atoms with Gasteiger partial charge in [0, 0.05) is 30.3 Å². The van der Waals surface area contributed by atoms with Crippen molar-refractivity contribution in [3.8, 4) is 0 Å². The highest BCUT2D eigenvalue weighted by Gasteiger charge is 2.24. The molecule has 21 heavy (non-hydrogen) atoms. The molecule has 0 aliphatic carbocycles. The highest BCUT2D eigenvalue weighted by atomic mass is 35.5. The van der Waals surface area contributed by atoms with Gasteiger partial charge in [0.05, 0.1) is 5.92 Å². The maximum Gasteiger partial charge on any atom is 0.222 e. The maximum absolute atomic E-state index is 11.4. The largest absolute Gasteiger partial charge is 0.371 e. The number of halogens is 1. The summed E-state index contributed by atoms with van der Waals surface area (Å²) in [5.41, 5.74) is 7.61. The van der Waals surface area contributed by atoms with Crippen molar-refractivity contribution in [2.75, 3.05) is 24.5 Å². The van der Waals surface area contributed by atoms with Gasteiger partial charge in [-0.05, 0) is 43.5 Å². The number of nitrogens with two attached hydrogens (primary N) is 1. The van der Waals surface area contributed by atoms with Crippen molar-refractivity contribution in [1.29, 1.82) is 0 Å². The molecule has 1 heterocycles. The second-order valence-corrected chi connectivity index (χ2v) is 6.05. The third-order valence-electron chi connectivity index (χ3n) is 3.97. The van der Waals surface area contributed by atoms with Crippen molar-refractivity contribution in [1.82, 2.24) is 5.32 Å². The number of piperidine rings is 1. The monoisotopic (exact) mass is 309 g/mol. The quantitative estimate of drug-likeness (QED) is 0.794. The molecule has 1 aliphatic heterocycles. The van der Waals surface area contributed by atoms with Gasteiger partial charge in [-0.25, -0.2) is 0 Å². The Kier molecular flexibility index (Phi) is 5.88. The van der Waals surface area contributed by atoms with E-state index in [0.29, 0.717) is 6.54 Å². The molecule has 1 aliphatic rings. The lowest BCUT2D eigenvalue weighted by Crippen LogP contribution is -2.41. The fourth-order valence-corrected chi connectivity index (χ4v) is 2.96. The van der Waals surface area contributed by atoms with Crippen molar-refractivity contribution in [3.05, 3.63) is 28.8 Å². The summed E-state index contributed by atoms with van der Waals surface area (Å²) in [5, 5.41) is 4.13. The minimum atomic E-state index is -0.203. The van der Waals surface area contributed by atoms with Crippen LogP contribution in [0.25, 0.3) is 0 Å². The molecule has 116 valence electrons. The van der Waals surface area contributed by atoms with Gasteiger partial charge in [-0.2, -0.15) is 0 Å². The number of anilines is 1. The molecule has 1 saturated heterocycles. The van der Waals surface area contributed by atoms with Gasteiger partial charge in [0.2, 0.25) is 5.91 Å². The standard InChI is InChI=1S/C16H24ClN3O/c1-2-7-19-10-12-5-6-14(9-15(12)17)20-8-3-4-13(11-20)16(18)21/h5-6,9,13,19H,2-4,7-8,10-11H2,1H3,(H2,18,21). The minimum Gasteiger partial charge on any atom is -0.371 e. The molecular weight excluding hydrogens is 286 g/mol. The Bertz CT molecular complexity index is 492. The fraction of sp³-hybridized carbons (Fsp3) is 0.562. The first-order valence-corrected chi connectivity index (χ1v) is 8.03. The summed E-state index contributed by atoms with van der Waals surface area (Å²) in [7, 11) is 0. The lowest BCUT2D eigenvalue weighted by molar-refractivity contribution is -0.122. The Labute approximate surface area is 131 Å². The van der Waals surface area contributed by atoms with Gasteiger partial charge in [-0.3, -0.25) is 4.79 Å². The molecule has 1 aromatic carbocycles. The van der Waals surface area contributed by atoms with Gasteiger partial charge in [-0.1, -0.05) is 24.6 Å². The van der Waals surface area contributed by atoms with E-state index in [0.717, 1.165) is 55.2 Å². The molecule has 0 saturated carbocycles. The van der Waals surface area contributed by atoms with Crippen LogP contribution in [0.1, 0.15) is 31.7 Å². The van der Waals surface area contributed by atoms with Crippen LogP contribution < -0.4 is 16.0 Å². The summed E-state index contributed by atoms with van der Waals surface area (Å²) in [6.07, 6.45) is 2.99. The van der Waals surface area contributed by atoms with E-state index in [1.807, 2.05) is 6.07 Å². The number of rotatable bonds is 6. The van der Waals surface area contributed by atoms with E-state index in [-0.39, 0.29) is 11.8 Å². The van der Waals surface area contributed by atoms with Crippen molar-refractivity contribution in [3.63, 3.8) is 0 Å². The first kappa shape index (κ1) is 16.1. The zero-order valence-electron chi connectivity index (χ0n) is 12.6. The molecule has 0 bridgehead atoms. The van der Waals surface area contributed by atoms with Crippen molar-refractivity contribution < 1.29 is 4.79 Å². The fourth-order valence-electron chi connectivity index (χ4n) is 2.72. The average molecular weight is 310 g/mol. The van der Waals surface area contributed by atoms with Gasteiger partial charge in [0.1, 0.15) is 0 Å². The lowest BCUT2D eigenvalue weighted by Gasteiger charge is -2.33. The van der Waals surface area contributed by atoms with Crippen LogP contribution >= 0.6 is 11.6 Å². The number of carbonyl (C=O) groups is 1. The molecule has 1 fully saturated rings. The summed E-state index contributed by atoms with van der Waals surface area (Å²) >= 11 is 6.37. The molecule has 1 amide bonds. The van der Waals surface area contributed by atoms with E-state index < -0.39 is 0 Å². The molecule has 1 unspecified atom stereocenters. The lowest BCUT2D eigenvalue weighted by atomic mass is 9.97. The van der Waals surface area contributed by atoms with E-state index >= 15 is 0 Å². The Morgan fingerprint density at radius 1 is 1.52 bits per heavy atom. The summed E-state index contributed by atoms with van der Waals surface area (Å²) in [6, 6.07) is 6.14. The first-order chi connectivity index (χ1) is 10.1. The Morgan fingerprint density at radius 2 is 2.33 bits per heavy atom. The van der Waals surface area contributed by atoms with Crippen LogP contribution in [-0.4, -0.2) is 25.5 Å².